The fraction of sp³-hybridized carbons (Fsp3) is 0.871. The number of aliphatic hydroxyl groups excluding tert-OH is 1. The van der Waals surface area contributed by atoms with Crippen molar-refractivity contribution in [2.75, 3.05) is 0 Å². The van der Waals surface area contributed by atoms with Gasteiger partial charge in [-0.15, -0.1) is 0 Å². The largest absolute Gasteiger partial charge is 0.393 e. The van der Waals surface area contributed by atoms with E-state index in [-0.39, 0.29) is 50.9 Å². The van der Waals surface area contributed by atoms with E-state index in [2.05, 4.69) is 60.7 Å². The molecule has 0 aromatic carbocycles. The molecule has 4 N–H and O–H groups in total. The summed E-state index contributed by atoms with van der Waals surface area (Å²) in [7, 11) is 0. The van der Waals surface area contributed by atoms with Gasteiger partial charge in [-0.05, 0) is 110 Å². The van der Waals surface area contributed by atoms with E-state index in [0.717, 1.165) is 57.8 Å². The maximum Gasteiger partial charge on any atom is 0.312 e. The zero-order chi connectivity index (χ0) is 26.9. The molecule has 4 aliphatic carbocycles. The van der Waals surface area contributed by atoms with Crippen molar-refractivity contribution in [1.82, 2.24) is 5.32 Å². The number of nitrogens with two attached hydrogens (primary N) is 1. The summed E-state index contributed by atoms with van der Waals surface area (Å²) in [6.45, 7) is 18.3. The summed E-state index contributed by atoms with van der Waals surface area (Å²) < 4.78 is 0. The first-order valence-corrected chi connectivity index (χ1v) is 14.5. The van der Waals surface area contributed by atoms with Crippen molar-refractivity contribution in [2.24, 2.45) is 51.1 Å². The zero-order valence-electron chi connectivity index (χ0n) is 24.2. The fourth-order valence-electron chi connectivity index (χ4n) is 9.32. The highest BCUT2D eigenvalue weighted by molar-refractivity contribution is 5.94. The summed E-state index contributed by atoms with van der Waals surface area (Å²) in [5.74, 6) is 1.54. The second kappa shape index (κ2) is 8.85. The molecule has 2 amide bonds. The molecule has 4 rings (SSSR count). The van der Waals surface area contributed by atoms with Crippen LogP contribution in [0.3, 0.4) is 0 Å². The highest BCUT2D eigenvalue weighted by Crippen LogP contribution is 2.68. The molecular weight excluding hydrogens is 448 g/mol. The maximum atomic E-state index is 13.6. The van der Waals surface area contributed by atoms with E-state index >= 15 is 0 Å². The number of ketones is 1. The Labute approximate surface area is 219 Å². The van der Waals surface area contributed by atoms with E-state index in [4.69, 9.17) is 5.73 Å². The van der Waals surface area contributed by atoms with E-state index in [1.54, 1.807) is 0 Å². The number of urea groups is 1. The molecule has 9 atom stereocenters. The van der Waals surface area contributed by atoms with Crippen molar-refractivity contribution in [3.63, 3.8) is 0 Å². The molecular formula is C31H52N2O3. The summed E-state index contributed by atoms with van der Waals surface area (Å²) in [5, 5.41) is 13.9. The quantitative estimate of drug-likeness (QED) is 0.418. The molecule has 0 saturated heterocycles. The second-order valence-electron chi connectivity index (χ2n) is 15.0. The summed E-state index contributed by atoms with van der Waals surface area (Å²) in [4.78, 5) is 25.4. The number of allylic oxidation sites excluding steroid dienone is 2. The monoisotopic (exact) mass is 500 g/mol. The summed E-state index contributed by atoms with van der Waals surface area (Å²) in [6, 6.07) is -0.460. The number of aliphatic hydroxyl groups is 1. The van der Waals surface area contributed by atoms with Crippen LogP contribution in [0.15, 0.2) is 11.6 Å². The van der Waals surface area contributed by atoms with Crippen molar-refractivity contribution < 1.29 is 14.7 Å². The van der Waals surface area contributed by atoms with Crippen molar-refractivity contribution in [2.45, 2.75) is 125 Å². The van der Waals surface area contributed by atoms with Crippen molar-refractivity contribution >= 4 is 11.8 Å². The summed E-state index contributed by atoms with van der Waals surface area (Å²) in [5.41, 5.74) is 6.40. The molecule has 4 aliphatic rings. The first-order chi connectivity index (χ1) is 16.5. The topological polar surface area (TPSA) is 92.4 Å². The Hall–Kier alpha value is -1.36. The molecule has 0 aromatic heterocycles. The first kappa shape index (κ1) is 27.7. The molecule has 0 aromatic rings. The highest BCUT2D eigenvalue weighted by Gasteiger charge is 2.62. The third-order valence-corrected chi connectivity index (χ3v) is 12.7. The SMILES string of the molecule is C[C@@H]1CC[C@H](O)C(C)(C)C1CC[C@]1(C)[C@@H](C)C(=O)C=C2[C@@H]3C[C@@](C)(NC(N)=O)CC[C@]3(C)CC[C@]21C. The lowest BCUT2D eigenvalue weighted by Gasteiger charge is -2.64. The minimum Gasteiger partial charge on any atom is -0.393 e. The van der Waals surface area contributed by atoms with Crippen LogP contribution in [0.25, 0.3) is 0 Å². The third-order valence-electron chi connectivity index (χ3n) is 12.7. The van der Waals surface area contributed by atoms with E-state index in [0.29, 0.717) is 11.8 Å². The number of rotatable bonds is 4. The fourth-order valence-corrected chi connectivity index (χ4v) is 9.32. The molecule has 1 unspecified atom stereocenters. The first-order valence-electron chi connectivity index (χ1n) is 14.5. The van der Waals surface area contributed by atoms with Crippen molar-refractivity contribution in [1.29, 1.82) is 0 Å². The van der Waals surface area contributed by atoms with Crippen molar-refractivity contribution in [3.05, 3.63) is 11.6 Å². The molecule has 3 saturated carbocycles. The average Bonchev–Trinajstić information content (AvgIpc) is 2.77. The van der Waals surface area contributed by atoms with E-state index < -0.39 is 6.03 Å². The number of primary amides is 1. The Morgan fingerprint density at radius 2 is 1.69 bits per heavy atom. The van der Waals surface area contributed by atoms with Gasteiger partial charge >= 0.3 is 6.03 Å². The Kier molecular flexibility index (Phi) is 6.80. The van der Waals surface area contributed by atoms with Crippen LogP contribution in [0.5, 0.6) is 0 Å². The molecule has 0 aliphatic heterocycles. The molecule has 204 valence electrons. The van der Waals surface area contributed by atoms with Gasteiger partial charge in [-0.3, -0.25) is 4.79 Å². The van der Waals surface area contributed by atoms with Crippen LogP contribution in [0.4, 0.5) is 4.79 Å². The van der Waals surface area contributed by atoms with Gasteiger partial charge in [0.2, 0.25) is 0 Å². The van der Waals surface area contributed by atoms with Crippen LogP contribution in [-0.2, 0) is 4.79 Å². The molecule has 0 heterocycles. The molecule has 5 nitrogen and oxygen atoms in total. The highest BCUT2D eigenvalue weighted by atomic mass is 16.3. The van der Waals surface area contributed by atoms with Crippen LogP contribution >= 0.6 is 0 Å². The van der Waals surface area contributed by atoms with Gasteiger partial charge < -0.3 is 16.2 Å². The molecule has 5 heteroatoms. The Bertz CT molecular complexity index is 942. The zero-order valence-corrected chi connectivity index (χ0v) is 24.2. The molecule has 0 radical (unpaired) electrons. The van der Waals surface area contributed by atoms with Gasteiger partial charge in [0, 0.05) is 11.5 Å². The standard InChI is InChI=1S/C31H52N2O3/c1-19-9-10-25(35)27(3,4)21(19)11-12-30(7)20(2)24(34)17-22-23-18-29(6,33-26(32)36)15-13-28(23,5)14-16-31(22,30)8/h17,19-21,23,25,35H,9-16,18H2,1-8H3,(H3,32,33,36)/t19-,20+,21?,23+,25+,28-,29+,30-,31-/m1/s1. The van der Waals surface area contributed by atoms with Gasteiger partial charge in [-0.2, -0.15) is 0 Å². The van der Waals surface area contributed by atoms with Gasteiger partial charge in [0.25, 0.3) is 0 Å². The number of fused-ring (bicyclic) bond motifs is 3. The smallest absolute Gasteiger partial charge is 0.312 e. The predicted octanol–water partition coefficient (Wildman–Crippen LogP) is 6.38. The molecule has 0 spiro atoms. The number of hydrogen-bond acceptors (Lipinski definition) is 3. The van der Waals surface area contributed by atoms with Gasteiger partial charge in [-0.25, -0.2) is 4.79 Å². The Morgan fingerprint density at radius 1 is 1.06 bits per heavy atom. The second-order valence-corrected chi connectivity index (χ2v) is 15.0. The van der Waals surface area contributed by atoms with Gasteiger partial charge in [0.1, 0.15) is 0 Å². The third kappa shape index (κ3) is 4.16. The molecule has 0 bridgehead atoms. The number of carbonyl (C=O) groups excluding carboxylic acids is 2. The van der Waals surface area contributed by atoms with Gasteiger partial charge in [0.15, 0.2) is 5.78 Å². The molecule has 3 fully saturated rings. The van der Waals surface area contributed by atoms with Gasteiger partial charge in [-0.1, -0.05) is 54.0 Å². The lowest BCUT2D eigenvalue weighted by molar-refractivity contribution is -0.133. The van der Waals surface area contributed by atoms with Crippen molar-refractivity contribution in [3.8, 4) is 0 Å². The van der Waals surface area contributed by atoms with Crippen LogP contribution in [0, 0.1) is 45.3 Å². The Balaban J connectivity index is 1.68. The normalized spacial score (nSPS) is 48.4. The summed E-state index contributed by atoms with van der Waals surface area (Å²) >= 11 is 0. The number of carbonyl (C=O) groups is 2. The number of nitrogens with one attached hydrogen (secondary N) is 1. The average molecular weight is 501 g/mol. The lowest BCUT2D eigenvalue weighted by Crippen LogP contribution is -2.60. The number of amides is 2. The minimum atomic E-state index is -0.460. The summed E-state index contributed by atoms with van der Waals surface area (Å²) in [6.07, 6.45) is 10.8. The maximum absolute atomic E-state index is 13.6. The Morgan fingerprint density at radius 3 is 2.33 bits per heavy atom. The lowest BCUT2D eigenvalue weighted by atomic mass is 9.40. The van der Waals surface area contributed by atoms with Crippen LogP contribution in [0.1, 0.15) is 113 Å². The van der Waals surface area contributed by atoms with E-state index in [9.17, 15) is 14.7 Å². The van der Waals surface area contributed by atoms with E-state index in [1.165, 1.54) is 5.57 Å². The van der Waals surface area contributed by atoms with Crippen LogP contribution in [-0.4, -0.2) is 28.6 Å². The van der Waals surface area contributed by atoms with Gasteiger partial charge in [0.05, 0.1) is 6.10 Å². The van der Waals surface area contributed by atoms with Crippen LogP contribution < -0.4 is 11.1 Å². The number of hydrogen-bond donors (Lipinski definition) is 3. The predicted molar refractivity (Wildman–Crippen MR) is 145 cm³/mol. The minimum absolute atomic E-state index is 0.0266. The van der Waals surface area contributed by atoms with E-state index in [1.807, 2.05) is 6.08 Å². The van der Waals surface area contributed by atoms with Crippen LogP contribution in [0.2, 0.25) is 0 Å². The molecule has 36 heavy (non-hydrogen) atoms.